The van der Waals surface area contributed by atoms with E-state index in [9.17, 15) is 9.59 Å². The zero-order valence-corrected chi connectivity index (χ0v) is 11.2. The molecule has 0 saturated carbocycles. The van der Waals surface area contributed by atoms with Crippen molar-refractivity contribution in [3.05, 3.63) is 61.7 Å². The number of rotatable bonds is 3. The smallest absolute Gasteiger partial charge is 0.335 e. The number of aliphatic hydroxyl groups excluding tert-OH is 2. The molecule has 0 amide bonds. The zero-order chi connectivity index (χ0) is 16.6. The summed E-state index contributed by atoms with van der Waals surface area (Å²) in [5, 5.41) is 32.2. The minimum atomic E-state index is -1.06. The van der Waals surface area contributed by atoms with Crippen molar-refractivity contribution < 1.29 is 30.0 Å². The third-order valence-electron chi connectivity index (χ3n) is 1.48. The lowest BCUT2D eigenvalue weighted by Crippen LogP contribution is -1.99. The fourth-order valence-corrected chi connectivity index (χ4v) is 0.755. The Morgan fingerprint density at radius 1 is 0.750 bits per heavy atom. The monoisotopic (exact) mass is 284 g/mol. The van der Waals surface area contributed by atoms with Crippen LogP contribution in [0.15, 0.2) is 50.6 Å². The highest BCUT2D eigenvalue weighted by Gasteiger charge is 2.04. The largest absolute Gasteiger partial charge is 0.478 e. The molecule has 0 aliphatic carbocycles. The number of hydrogen-bond donors (Lipinski definition) is 4. The number of carboxylic acid groups (broad SMARTS) is 2. The van der Waals surface area contributed by atoms with E-state index < -0.39 is 11.9 Å². The van der Waals surface area contributed by atoms with E-state index in [-0.39, 0.29) is 24.3 Å². The van der Waals surface area contributed by atoms with Gasteiger partial charge in [-0.1, -0.05) is 0 Å². The zero-order valence-electron chi connectivity index (χ0n) is 11.2. The molecule has 0 aliphatic rings. The molecule has 0 radical (unpaired) electrons. The average Bonchev–Trinajstić information content (AvgIpc) is 2.51. The Kier molecular flexibility index (Phi) is 18.8. The van der Waals surface area contributed by atoms with E-state index in [0.29, 0.717) is 0 Å². The minimum Gasteiger partial charge on any atom is -0.478 e. The fraction of sp³-hybridized carbons (Fsp3) is 0.143. The normalized spacial score (nSPS) is 7.50. The summed E-state index contributed by atoms with van der Waals surface area (Å²) in [7, 11) is 0. The first-order valence-electron chi connectivity index (χ1n) is 5.31. The number of benzene rings is 1. The van der Waals surface area contributed by atoms with Gasteiger partial charge in [0.2, 0.25) is 0 Å². The first-order valence-corrected chi connectivity index (χ1v) is 5.31. The van der Waals surface area contributed by atoms with Crippen molar-refractivity contribution in [3.63, 3.8) is 0 Å². The van der Waals surface area contributed by atoms with Crippen molar-refractivity contribution in [1.82, 2.24) is 0 Å². The van der Waals surface area contributed by atoms with Crippen LogP contribution < -0.4 is 0 Å². The molecular formula is C14H20O6. The second-order valence-corrected chi connectivity index (χ2v) is 2.63. The Hall–Kier alpha value is -2.44. The summed E-state index contributed by atoms with van der Waals surface area (Å²) in [6.07, 6.45) is 0. The highest BCUT2D eigenvalue weighted by Crippen LogP contribution is 2.03. The second kappa shape index (κ2) is 16.6. The quantitative estimate of drug-likeness (QED) is 0.627. The maximum atomic E-state index is 10.3. The van der Waals surface area contributed by atoms with Crippen LogP contribution in [-0.4, -0.2) is 45.6 Å². The highest BCUT2D eigenvalue weighted by molar-refractivity contribution is 5.91. The first-order chi connectivity index (χ1) is 9.52. The summed E-state index contributed by atoms with van der Waals surface area (Å²) in [4.78, 5) is 20.7. The molecule has 0 saturated heterocycles. The van der Waals surface area contributed by atoms with E-state index in [1.807, 2.05) is 0 Å². The third-order valence-corrected chi connectivity index (χ3v) is 1.48. The molecule has 112 valence electrons. The molecule has 0 atom stereocenters. The number of carbonyl (C=O) groups is 2. The van der Waals surface area contributed by atoms with E-state index in [0.717, 1.165) is 0 Å². The van der Waals surface area contributed by atoms with Gasteiger partial charge < -0.3 is 20.4 Å². The second-order valence-electron chi connectivity index (χ2n) is 2.63. The fourth-order valence-electron chi connectivity index (χ4n) is 0.755. The van der Waals surface area contributed by atoms with Gasteiger partial charge >= 0.3 is 11.9 Å². The summed E-state index contributed by atoms with van der Waals surface area (Å²) >= 11 is 0. The standard InChI is InChI=1S/C8H6O4.C2H6O2.2C2H4/c9-7(10)5-1-2-6(4-3-5)8(11)12;3-1-2-4;2*1-2/h1-4H,(H,9,10)(H,11,12);3-4H,1-2H2;2*1-2H2. The summed E-state index contributed by atoms with van der Waals surface area (Å²) in [5.41, 5.74) is 0.167. The Labute approximate surface area is 117 Å². The molecule has 0 heterocycles. The Morgan fingerprint density at radius 2 is 0.950 bits per heavy atom. The first kappa shape index (κ1) is 22.7. The highest BCUT2D eigenvalue weighted by atomic mass is 16.4. The van der Waals surface area contributed by atoms with Crippen LogP contribution in [0, 0.1) is 0 Å². The Bertz CT molecular complexity index is 335. The van der Waals surface area contributed by atoms with Gasteiger partial charge in [-0.15, -0.1) is 26.3 Å². The number of carboxylic acids is 2. The average molecular weight is 284 g/mol. The van der Waals surface area contributed by atoms with Gasteiger partial charge in [0.25, 0.3) is 0 Å². The maximum absolute atomic E-state index is 10.3. The van der Waals surface area contributed by atoms with Crippen LogP contribution in [0.4, 0.5) is 0 Å². The molecule has 0 bridgehead atoms. The molecule has 0 unspecified atom stereocenters. The molecule has 6 heteroatoms. The van der Waals surface area contributed by atoms with Crippen molar-refractivity contribution in [2.45, 2.75) is 0 Å². The lowest BCUT2D eigenvalue weighted by molar-refractivity contribution is 0.0681. The topological polar surface area (TPSA) is 115 Å². The van der Waals surface area contributed by atoms with Gasteiger partial charge in [0, 0.05) is 0 Å². The summed E-state index contributed by atoms with van der Waals surface area (Å²) in [6, 6.07) is 5.02. The number of aromatic carboxylic acids is 2. The molecule has 0 fully saturated rings. The number of aliphatic hydroxyl groups is 2. The lowest BCUT2D eigenvalue weighted by Gasteiger charge is -1.94. The molecule has 0 aliphatic heterocycles. The lowest BCUT2D eigenvalue weighted by atomic mass is 10.1. The third kappa shape index (κ3) is 12.0. The van der Waals surface area contributed by atoms with E-state index in [2.05, 4.69) is 26.3 Å². The molecule has 1 aromatic rings. The van der Waals surface area contributed by atoms with Crippen molar-refractivity contribution in [2.75, 3.05) is 13.2 Å². The molecular weight excluding hydrogens is 264 g/mol. The van der Waals surface area contributed by atoms with Crippen molar-refractivity contribution in [1.29, 1.82) is 0 Å². The molecule has 0 aromatic heterocycles. The van der Waals surface area contributed by atoms with Crippen LogP contribution in [0.2, 0.25) is 0 Å². The van der Waals surface area contributed by atoms with Crippen LogP contribution in [0.1, 0.15) is 20.7 Å². The van der Waals surface area contributed by atoms with Gasteiger partial charge in [-0.2, -0.15) is 0 Å². The van der Waals surface area contributed by atoms with Crippen LogP contribution in [0.25, 0.3) is 0 Å². The van der Waals surface area contributed by atoms with Crippen LogP contribution in [0.3, 0.4) is 0 Å². The summed E-state index contributed by atoms with van der Waals surface area (Å²) in [6.45, 7) is 11.8. The molecule has 20 heavy (non-hydrogen) atoms. The van der Waals surface area contributed by atoms with Gasteiger partial charge in [-0.05, 0) is 24.3 Å². The molecule has 1 rings (SSSR count). The minimum absolute atomic E-state index is 0.0833. The predicted molar refractivity (Wildman–Crippen MR) is 77.0 cm³/mol. The number of hydrogen-bond acceptors (Lipinski definition) is 4. The van der Waals surface area contributed by atoms with E-state index in [1.165, 1.54) is 24.3 Å². The van der Waals surface area contributed by atoms with Gasteiger partial charge in [0.05, 0.1) is 24.3 Å². The molecule has 1 aromatic carbocycles. The Morgan fingerprint density at radius 3 is 1.05 bits per heavy atom. The molecule has 0 spiro atoms. The van der Waals surface area contributed by atoms with Gasteiger partial charge in [0.1, 0.15) is 0 Å². The van der Waals surface area contributed by atoms with Gasteiger partial charge in [-0.25, -0.2) is 9.59 Å². The predicted octanol–water partition coefficient (Wildman–Crippen LogP) is 1.66. The van der Waals surface area contributed by atoms with E-state index in [4.69, 9.17) is 20.4 Å². The van der Waals surface area contributed by atoms with Gasteiger partial charge in [-0.3, -0.25) is 0 Å². The SMILES string of the molecule is C=C.C=C.O=C(O)c1ccc(C(=O)O)cc1.OCCO. The van der Waals surface area contributed by atoms with Crippen molar-refractivity contribution >= 4 is 11.9 Å². The van der Waals surface area contributed by atoms with Crippen molar-refractivity contribution in [2.24, 2.45) is 0 Å². The summed E-state index contributed by atoms with van der Waals surface area (Å²) in [5.74, 6) is -2.13. The molecule has 4 N–H and O–H groups in total. The summed E-state index contributed by atoms with van der Waals surface area (Å²) < 4.78 is 0. The van der Waals surface area contributed by atoms with E-state index in [1.54, 1.807) is 0 Å². The van der Waals surface area contributed by atoms with Crippen molar-refractivity contribution in [3.8, 4) is 0 Å². The maximum Gasteiger partial charge on any atom is 0.335 e. The van der Waals surface area contributed by atoms with Crippen LogP contribution in [0.5, 0.6) is 0 Å². The van der Waals surface area contributed by atoms with Crippen LogP contribution >= 0.6 is 0 Å². The van der Waals surface area contributed by atoms with Crippen LogP contribution in [-0.2, 0) is 0 Å². The van der Waals surface area contributed by atoms with Gasteiger partial charge in [0.15, 0.2) is 0 Å². The molecule has 6 nitrogen and oxygen atoms in total. The van der Waals surface area contributed by atoms with E-state index >= 15 is 0 Å². The Balaban J connectivity index is -0.000000306.